The van der Waals surface area contributed by atoms with Gasteiger partial charge in [0.15, 0.2) is 0 Å². The lowest BCUT2D eigenvalue weighted by Gasteiger charge is -2.19. The minimum Gasteiger partial charge on any atom is -0.325 e. The predicted molar refractivity (Wildman–Crippen MR) is 109 cm³/mol. The summed E-state index contributed by atoms with van der Waals surface area (Å²) >= 11 is 0. The van der Waals surface area contributed by atoms with Crippen molar-refractivity contribution in [1.29, 1.82) is 5.26 Å². The molecular weight excluding hydrogens is 374 g/mol. The molecule has 0 fully saturated rings. The Bertz CT molecular complexity index is 968. The number of nitriles is 1. The zero-order chi connectivity index (χ0) is 20.9. The number of nitrogens with one attached hydrogen (secondary N) is 2. The first kappa shape index (κ1) is 21.6. The van der Waals surface area contributed by atoms with Gasteiger partial charge < -0.3 is 5.32 Å². The number of carbonyl (C=O) groups excluding carboxylic acids is 1. The minimum absolute atomic E-state index is 0.0777. The standard InChI is InChI=1S/C21H25N3O3S/c1-15(20(25)23-18-9-5-16(6-10-18)13-14-22)24-28(26,27)19-11-7-17(8-12-19)21(2,3)4/h5-12,15,24H,13H2,1-4H3,(H,23,25)/t15-/m0/s1. The summed E-state index contributed by atoms with van der Waals surface area (Å²) in [5.74, 6) is -0.470. The molecule has 0 unspecified atom stereocenters. The van der Waals surface area contributed by atoms with Crippen molar-refractivity contribution in [2.45, 2.75) is 50.5 Å². The molecule has 1 amide bonds. The Morgan fingerprint density at radius 2 is 1.64 bits per heavy atom. The predicted octanol–water partition coefficient (Wildman–Crippen LogP) is 3.36. The van der Waals surface area contributed by atoms with Gasteiger partial charge in [0.2, 0.25) is 15.9 Å². The van der Waals surface area contributed by atoms with E-state index >= 15 is 0 Å². The molecule has 0 bridgehead atoms. The van der Waals surface area contributed by atoms with Crippen LogP contribution in [0.25, 0.3) is 0 Å². The van der Waals surface area contributed by atoms with Gasteiger partial charge in [-0.05, 0) is 47.7 Å². The third kappa shape index (κ3) is 5.65. The molecule has 148 valence electrons. The largest absolute Gasteiger partial charge is 0.325 e. The van der Waals surface area contributed by atoms with Crippen molar-refractivity contribution in [3.8, 4) is 6.07 Å². The highest BCUT2D eigenvalue weighted by atomic mass is 32.2. The van der Waals surface area contributed by atoms with Crippen LogP contribution in [-0.2, 0) is 26.7 Å². The number of anilines is 1. The molecule has 2 N–H and O–H groups in total. The Morgan fingerprint density at radius 3 is 2.14 bits per heavy atom. The van der Waals surface area contributed by atoms with Crippen LogP contribution in [0.4, 0.5) is 5.69 Å². The molecule has 0 aliphatic carbocycles. The monoisotopic (exact) mass is 399 g/mol. The smallest absolute Gasteiger partial charge is 0.242 e. The van der Waals surface area contributed by atoms with Gasteiger partial charge in [0.25, 0.3) is 0 Å². The van der Waals surface area contributed by atoms with Crippen LogP contribution < -0.4 is 10.0 Å². The van der Waals surface area contributed by atoms with Crippen molar-refractivity contribution in [3.63, 3.8) is 0 Å². The van der Waals surface area contributed by atoms with E-state index in [1.165, 1.54) is 6.92 Å². The van der Waals surface area contributed by atoms with Gasteiger partial charge in [0, 0.05) is 5.69 Å². The minimum atomic E-state index is -3.82. The summed E-state index contributed by atoms with van der Waals surface area (Å²) in [5, 5.41) is 11.3. The first-order chi connectivity index (χ1) is 13.0. The van der Waals surface area contributed by atoms with E-state index in [4.69, 9.17) is 5.26 Å². The van der Waals surface area contributed by atoms with Gasteiger partial charge in [-0.3, -0.25) is 4.79 Å². The number of nitrogens with zero attached hydrogens (tertiary/aromatic N) is 1. The van der Waals surface area contributed by atoms with Crippen molar-refractivity contribution in [3.05, 3.63) is 59.7 Å². The van der Waals surface area contributed by atoms with Crippen LogP contribution in [-0.4, -0.2) is 20.4 Å². The van der Waals surface area contributed by atoms with Crippen LogP contribution in [0.3, 0.4) is 0 Å². The van der Waals surface area contributed by atoms with Gasteiger partial charge in [-0.2, -0.15) is 9.98 Å². The van der Waals surface area contributed by atoms with Crippen LogP contribution >= 0.6 is 0 Å². The number of sulfonamides is 1. The second-order valence-corrected chi connectivity index (χ2v) is 9.35. The van der Waals surface area contributed by atoms with E-state index in [9.17, 15) is 13.2 Å². The lowest BCUT2D eigenvalue weighted by molar-refractivity contribution is -0.117. The van der Waals surface area contributed by atoms with Gasteiger partial charge in [0.05, 0.1) is 23.4 Å². The molecule has 0 radical (unpaired) electrons. The van der Waals surface area contributed by atoms with Crippen molar-refractivity contribution in [2.24, 2.45) is 0 Å². The highest BCUT2D eigenvalue weighted by Crippen LogP contribution is 2.23. The summed E-state index contributed by atoms with van der Waals surface area (Å²) in [4.78, 5) is 12.4. The summed E-state index contributed by atoms with van der Waals surface area (Å²) in [6.45, 7) is 7.64. The SMILES string of the molecule is C[C@H](NS(=O)(=O)c1ccc(C(C)(C)C)cc1)C(=O)Nc1ccc(CC#N)cc1. The van der Waals surface area contributed by atoms with Crippen molar-refractivity contribution >= 4 is 21.6 Å². The van der Waals surface area contributed by atoms with Crippen LogP contribution in [0, 0.1) is 11.3 Å². The van der Waals surface area contributed by atoms with Crippen LogP contribution in [0.1, 0.15) is 38.8 Å². The van der Waals surface area contributed by atoms with E-state index in [-0.39, 0.29) is 10.3 Å². The Labute approximate surface area is 166 Å². The van der Waals surface area contributed by atoms with Crippen LogP contribution in [0.2, 0.25) is 0 Å². The summed E-state index contributed by atoms with van der Waals surface area (Å²) < 4.78 is 27.5. The van der Waals surface area contributed by atoms with Crippen molar-refractivity contribution in [1.82, 2.24) is 4.72 Å². The zero-order valence-electron chi connectivity index (χ0n) is 16.5. The van der Waals surface area contributed by atoms with E-state index in [1.807, 2.05) is 20.8 Å². The summed E-state index contributed by atoms with van der Waals surface area (Å²) in [5.41, 5.74) is 2.32. The van der Waals surface area contributed by atoms with Crippen LogP contribution in [0.15, 0.2) is 53.4 Å². The summed E-state index contributed by atoms with van der Waals surface area (Å²) in [6, 6.07) is 14.6. The van der Waals surface area contributed by atoms with E-state index in [1.54, 1.807) is 48.5 Å². The highest BCUT2D eigenvalue weighted by molar-refractivity contribution is 7.89. The maximum absolute atomic E-state index is 12.6. The topological polar surface area (TPSA) is 99.1 Å². The molecule has 0 heterocycles. The molecule has 28 heavy (non-hydrogen) atoms. The molecule has 2 aromatic carbocycles. The summed E-state index contributed by atoms with van der Waals surface area (Å²) in [6.07, 6.45) is 0.290. The molecule has 0 spiro atoms. The fourth-order valence-corrected chi connectivity index (χ4v) is 3.74. The molecule has 1 atom stereocenters. The van der Waals surface area contributed by atoms with Gasteiger partial charge in [0.1, 0.15) is 0 Å². The lowest BCUT2D eigenvalue weighted by Crippen LogP contribution is -2.41. The quantitative estimate of drug-likeness (QED) is 0.778. The fourth-order valence-electron chi connectivity index (χ4n) is 2.54. The number of hydrogen-bond acceptors (Lipinski definition) is 4. The Kier molecular flexibility index (Phi) is 6.60. The van der Waals surface area contributed by atoms with Gasteiger partial charge in [-0.15, -0.1) is 0 Å². The number of hydrogen-bond donors (Lipinski definition) is 2. The molecule has 2 rings (SSSR count). The number of benzene rings is 2. The lowest BCUT2D eigenvalue weighted by atomic mass is 9.87. The molecule has 0 aromatic heterocycles. The molecular formula is C21H25N3O3S. The Hall–Kier alpha value is -2.69. The fraction of sp³-hybridized carbons (Fsp3) is 0.333. The third-order valence-electron chi connectivity index (χ3n) is 4.26. The summed E-state index contributed by atoms with van der Waals surface area (Å²) in [7, 11) is -3.82. The zero-order valence-corrected chi connectivity index (χ0v) is 17.3. The second kappa shape index (κ2) is 8.55. The normalized spacial score (nSPS) is 12.8. The maximum Gasteiger partial charge on any atom is 0.242 e. The number of carbonyl (C=O) groups is 1. The Morgan fingerprint density at radius 1 is 1.07 bits per heavy atom. The van der Waals surface area contributed by atoms with E-state index in [0.29, 0.717) is 12.1 Å². The van der Waals surface area contributed by atoms with Crippen LogP contribution in [0.5, 0.6) is 0 Å². The number of amides is 1. The molecule has 0 aliphatic heterocycles. The molecule has 6 nitrogen and oxygen atoms in total. The first-order valence-corrected chi connectivity index (χ1v) is 10.4. The van der Waals surface area contributed by atoms with E-state index < -0.39 is 22.0 Å². The van der Waals surface area contributed by atoms with E-state index in [0.717, 1.165) is 11.1 Å². The molecule has 2 aromatic rings. The first-order valence-electron chi connectivity index (χ1n) is 8.92. The van der Waals surface area contributed by atoms with Gasteiger partial charge in [-0.25, -0.2) is 8.42 Å². The third-order valence-corrected chi connectivity index (χ3v) is 5.82. The number of rotatable bonds is 6. The highest BCUT2D eigenvalue weighted by Gasteiger charge is 2.23. The Balaban J connectivity index is 2.04. The van der Waals surface area contributed by atoms with E-state index in [2.05, 4.69) is 16.1 Å². The van der Waals surface area contributed by atoms with Crippen molar-refractivity contribution < 1.29 is 13.2 Å². The molecule has 0 saturated carbocycles. The molecule has 7 heteroatoms. The molecule has 0 saturated heterocycles. The van der Waals surface area contributed by atoms with Gasteiger partial charge in [-0.1, -0.05) is 45.0 Å². The molecule has 0 aliphatic rings. The van der Waals surface area contributed by atoms with Crippen molar-refractivity contribution in [2.75, 3.05) is 5.32 Å². The van der Waals surface area contributed by atoms with Gasteiger partial charge >= 0.3 is 0 Å². The maximum atomic E-state index is 12.6. The average Bonchev–Trinajstić information content (AvgIpc) is 2.62. The average molecular weight is 400 g/mol. The second-order valence-electron chi connectivity index (χ2n) is 7.64.